The predicted octanol–water partition coefficient (Wildman–Crippen LogP) is 4.43. The van der Waals surface area contributed by atoms with E-state index in [2.05, 4.69) is 17.2 Å². The van der Waals surface area contributed by atoms with Gasteiger partial charge in [0.05, 0.1) is 21.9 Å². The van der Waals surface area contributed by atoms with Crippen molar-refractivity contribution in [2.24, 2.45) is 0 Å². The van der Waals surface area contributed by atoms with Gasteiger partial charge in [-0.05, 0) is 12.5 Å². The van der Waals surface area contributed by atoms with Crippen molar-refractivity contribution in [3.63, 3.8) is 0 Å². The van der Waals surface area contributed by atoms with E-state index in [-0.39, 0.29) is 0 Å². The highest BCUT2D eigenvalue weighted by Gasteiger charge is 2.15. The number of nitrogens with zero attached hydrogens (tertiary/aromatic N) is 1. The third-order valence-corrected chi connectivity index (χ3v) is 4.00. The fourth-order valence-corrected chi connectivity index (χ4v) is 3.03. The zero-order valence-electron chi connectivity index (χ0n) is 9.51. The fourth-order valence-electron chi connectivity index (χ4n) is 1.49. The number of nitrogens with one attached hydrogen (secondary N) is 1. The first-order valence-electron chi connectivity index (χ1n) is 5.23. The van der Waals surface area contributed by atoms with Gasteiger partial charge in [-0.15, -0.1) is 0 Å². The van der Waals surface area contributed by atoms with Crippen molar-refractivity contribution in [3.8, 4) is 5.75 Å². The molecule has 1 heterocycles. The number of halogens is 2. The highest BCUT2D eigenvalue weighted by molar-refractivity contribution is 7.22. The Hall–Kier alpha value is -0.710. The minimum atomic E-state index is 0.484. The normalized spacial score (nSPS) is 10.8. The zero-order valence-corrected chi connectivity index (χ0v) is 11.8. The SMILES string of the molecule is CCCNc1nc2c(OC)c(Cl)cc(Cl)c2s1. The molecule has 0 spiro atoms. The van der Waals surface area contributed by atoms with Gasteiger partial charge in [-0.1, -0.05) is 41.5 Å². The second-order valence-corrected chi connectivity index (χ2v) is 5.31. The molecule has 2 rings (SSSR count). The molecule has 0 aliphatic carbocycles. The van der Waals surface area contributed by atoms with Crippen LogP contribution in [0.1, 0.15) is 13.3 Å². The first-order chi connectivity index (χ1) is 8.17. The molecule has 0 saturated carbocycles. The topological polar surface area (TPSA) is 34.2 Å². The molecule has 0 atom stereocenters. The largest absolute Gasteiger partial charge is 0.493 e. The Morgan fingerprint density at radius 2 is 2.18 bits per heavy atom. The summed E-state index contributed by atoms with van der Waals surface area (Å²) in [6.07, 6.45) is 1.04. The van der Waals surface area contributed by atoms with Gasteiger partial charge in [0, 0.05) is 6.54 Å². The van der Waals surface area contributed by atoms with E-state index in [4.69, 9.17) is 27.9 Å². The molecule has 1 N–H and O–H groups in total. The number of ether oxygens (including phenoxy) is 1. The Morgan fingerprint density at radius 3 is 2.82 bits per heavy atom. The summed E-state index contributed by atoms with van der Waals surface area (Å²) in [7, 11) is 1.58. The molecule has 0 unspecified atom stereocenters. The molecule has 6 heteroatoms. The first-order valence-corrected chi connectivity index (χ1v) is 6.81. The van der Waals surface area contributed by atoms with E-state index in [1.807, 2.05) is 0 Å². The van der Waals surface area contributed by atoms with E-state index in [0.717, 1.165) is 22.8 Å². The molecular weight excluding hydrogens is 279 g/mol. The average Bonchev–Trinajstić information content (AvgIpc) is 2.71. The van der Waals surface area contributed by atoms with Gasteiger partial charge in [-0.3, -0.25) is 0 Å². The summed E-state index contributed by atoms with van der Waals surface area (Å²) in [5, 5.41) is 5.16. The number of fused-ring (bicyclic) bond motifs is 1. The average molecular weight is 291 g/mol. The Morgan fingerprint density at radius 1 is 1.41 bits per heavy atom. The Balaban J connectivity index is 2.54. The smallest absolute Gasteiger partial charge is 0.183 e. The molecule has 0 amide bonds. The molecule has 92 valence electrons. The van der Waals surface area contributed by atoms with Gasteiger partial charge >= 0.3 is 0 Å². The van der Waals surface area contributed by atoms with E-state index in [1.54, 1.807) is 13.2 Å². The highest BCUT2D eigenvalue weighted by Crippen LogP contribution is 2.41. The van der Waals surface area contributed by atoms with E-state index < -0.39 is 0 Å². The Labute approximate surface area is 114 Å². The zero-order chi connectivity index (χ0) is 12.4. The molecule has 0 saturated heterocycles. The number of anilines is 1. The van der Waals surface area contributed by atoms with Crippen LogP contribution in [0.5, 0.6) is 5.75 Å². The lowest BCUT2D eigenvalue weighted by Gasteiger charge is -2.03. The van der Waals surface area contributed by atoms with E-state index in [0.29, 0.717) is 21.3 Å². The molecule has 17 heavy (non-hydrogen) atoms. The second kappa shape index (κ2) is 5.29. The number of thiazole rings is 1. The molecule has 0 fully saturated rings. The summed E-state index contributed by atoms with van der Waals surface area (Å²) >= 11 is 13.7. The number of rotatable bonds is 4. The molecule has 1 aromatic carbocycles. The van der Waals surface area contributed by atoms with Crippen LogP contribution in [-0.4, -0.2) is 18.6 Å². The van der Waals surface area contributed by atoms with Crippen molar-refractivity contribution >= 4 is 49.9 Å². The number of methoxy groups -OCH3 is 1. The molecular formula is C11H12Cl2N2OS. The highest BCUT2D eigenvalue weighted by atomic mass is 35.5. The van der Waals surface area contributed by atoms with E-state index >= 15 is 0 Å². The van der Waals surface area contributed by atoms with Crippen molar-refractivity contribution < 1.29 is 4.74 Å². The maximum absolute atomic E-state index is 6.14. The predicted molar refractivity (Wildman–Crippen MR) is 75.0 cm³/mol. The summed E-state index contributed by atoms with van der Waals surface area (Å²) in [5.74, 6) is 0.576. The van der Waals surface area contributed by atoms with Crippen molar-refractivity contribution in [1.29, 1.82) is 0 Å². The van der Waals surface area contributed by atoms with Crippen molar-refractivity contribution in [2.45, 2.75) is 13.3 Å². The second-order valence-electron chi connectivity index (χ2n) is 3.50. The summed E-state index contributed by atoms with van der Waals surface area (Å²) in [4.78, 5) is 4.46. The maximum atomic E-state index is 6.14. The summed E-state index contributed by atoms with van der Waals surface area (Å²) in [6, 6.07) is 1.69. The summed E-state index contributed by atoms with van der Waals surface area (Å²) < 4.78 is 6.15. The molecule has 0 radical (unpaired) electrons. The number of benzene rings is 1. The lowest BCUT2D eigenvalue weighted by atomic mass is 10.3. The Bertz CT molecular complexity index is 542. The van der Waals surface area contributed by atoms with Gasteiger partial charge in [0.15, 0.2) is 10.9 Å². The quantitative estimate of drug-likeness (QED) is 0.904. The van der Waals surface area contributed by atoms with Crippen LogP contribution in [0.25, 0.3) is 10.2 Å². The van der Waals surface area contributed by atoms with Crippen molar-refractivity contribution in [2.75, 3.05) is 19.0 Å². The third-order valence-electron chi connectivity index (χ3n) is 2.26. The standard InChI is InChI=1S/C11H12Cl2N2OS/c1-3-4-14-11-15-8-9(16-2)6(12)5-7(13)10(8)17-11/h5H,3-4H2,1-2H3,(H,14,15). The molecule has 3 nitrogen and oxygen atoms in total. The van der Waals surface area contributed by atoms with Gasteiger partial charge < -0.3 is 10.1 Å². The minimum Gasteiger partial charge on any atom is -0.493 e. The maximum Gasteiger partial charge on any atom is 0.183 e. The van der Waals surface area contributed by atoms with E-state index in [9.17, 15) is 0 Å². The van der Waals surface area contributed by atoms with Crippen LogP contribution < -0.4 is 10.1 Å². The molecule has 1 aromatic heterocycles. The van der Waals surface area contributed by atoms with Crippen LogP contribution in [0.2, 0.25) is 10.0 Å². The lowest BCUT2D eigenvalue weighted by Crippen LogP contribution is -1.98. The summed E-state index contributed by atoms with van der Waals surface area (Å²) in [5.41, 5.74) is 0.716. The van der Waals surface area contributed by atoms with Crippen LogP contribution in [0.3, 0.4) is 0 Å². The Kier molecular flexibility index (Phi) is 3.97. The lowest BCUT2D eigenvalue weighted by molar-refractivity contribution is 0.419. The van der Waals surface area contributed by atoms with Crippen LogP contribution in [0, 0.1) is 0 Å². The monoisotopic (exact) mass is 290 g/mol. The van der Waals surface area contributed by atoms with Gasteiger partial charge in [0.1, 0.15) is 5.52 Å². The molecule has 0 bridgehead atoms. The third kappa shape index (κ3) is 2.44. The van der Waals surface area contributed by atoms with Crippen LogP contribution in [0.4, 0.5) is 5.13 Å². The molecule has 0 aliphatic heterocycles. The van der Waals surface area contributed by atoms with Crippen molar-refractivity contribution in [1.82, 2.24) is 4.98 Å². The number of aromatic nitrogens is 1. The van der Waals surface area contributed by atoms with Crippen molar-refractivity contribution in [3.05, 3.63) is 16.1 Å². The number of hydrogen-bond donors (Lipinski definition) is 1. The number of hydrogen-bond acceptors (Lipinski definition) is 4. The van der Waals surface area contributed by atoms with Gasteiger partial charge in [0.2, 0.25) is 0 Å². The van der Waals surface area contributed by atoms with Crippen LogP contribution in [0.15, 0.2) is 6.07 Å². The van der Waals surface area contributed by atoms with Gasteiger partial charge in [0.25, 0.3) is 0 Å². The van der Waals surface area contributed by atoms with E-state index in [1.165, 1.54) is 11.3 Å². The van der Waals surface area contributed by atoms with Crippen LogP contribution >= 0.6 is 34.5 Å². The van der Waals surface area contributed by atoms with Gasteiger partial charge in [-0.25, -0.2) is 4.98 Å². The van der Waals surface area contributed by atoms with Gasteiger partial charge in [-0.2, -0.15) is 0 Å². The minimum absolute atomic E-state index is 0.484. The van der Waals surface area contributed by atoms with Crippen LogP contribution in [-0.2, 0) is 0 Å². The summed E-state index contributed by atoms with van der Waals surface area (Å²) in [6.45, 7) is 2.98. The molecule has 2 aromatic rings. The molecule has 0 aliphatic rings. The fraction of sp³-hybridized carbons (Fsp3) is 0.364. The first kappa shape index (κ1) is 12.7.